The predicted octanol–water partition coefficient (Wildman–Crippen LogP) is 0.710. The number of rotatable bonds is 0. The molecule has 1 aromatic carbocycles. The van der Waals surface area contributed by atoms with Crippen LogP contribution in [0.3, 0.4) is 0 Å². The van der Waals surface area contributed by atoms with Crippen LogP contribution in [-0.4, -0.2) is 23.1 Å². The normalized spacial score (nSPS) is 7.62. The molecular weight excluding hydrogens is 115 g/mol. The van der Waals surface area contributed by atoms with E-state index in [0.29, 0.717) is 0 Å². The Kier molecular flexibility index (Phi) is 3.82. The molecule has 0 heterocycles. The van der Waals surface area contributed by atoms with Crippen molar-refractivity contribution in [2.75, 3.05) is 0 Å². The first-order chi connectivity index (χ1) is 3.39. The Labute approximate surface area is 63.9 Å². The highest BCUT2D eigenvalue weighted by molar-refractivity contribution is 5.75. The number of hydrogen-bond donors (Lipinski definition) is 0. The number of halogens is 1. The van der Waals surface area contributed by atoms with Crippen molar-refractivity contribution in [3.8, 4) is 0 Å². The van der Waals surface area contributed by atoms with Crippen LogP contribution >= 0.6 is 0 Å². The van der Waals surface area contributed by atoms with Gasteiger partial charge < -0.3 is 0 Å². The van der Waals surface area contributed by atoms with E-state index in [1.165, 1.54) is 24.3 Å². The molecule has 8 heavy (non-hydrogen) atoms. The summed E-state index contributed by atoms with van der Waals surface area (Å²) in [7, 11) is 0. The molecule has 1 radical (unpaired) electrons. The molecule has 0 aromatic heterocycles. The van der Waals surface area contributed by atoms with Crippen molar-refractivity contribution in [2.45, 2.75) is 0 Å². The summed E-state index contributed by atoms with van der Waals surface area (Å²) in [6, 6.07) is 8.49. The van der Waals surface area contributed by atoms with Crippen molar-refractivity contribution >= 4 is 23.1 Å². The third-order valence-corrected chi connectivity index (χ3v) is 0.678. The fourth-order valence-corrected chi connectivity index (χ4v) is 0.367. The highest BCUT2D eigenvalue weighted by Crippen LogP contribution is 1.91. The SMILES string of the molecule is Fc1cc[c]cc1.[MgH2]. The van der Waals surface area contributed by atoms with E-state index in [-0.39, 0.29) is 28.9 Å². The Balaban J connectivity index is 0.000000490. The Morgan fingerprint density at radius 3 is 2.00 bits per heavy atom. The van der Waals surface area contributed by atoms with Gasteiger partial charge >= 0.3 is 23.1 Å². The largest absolute Gasteiger partial charge is 0.316 e. The highest BCUT2D eigenvalue weighted by atomic mass is 24.3. The van der Waals surface area contributed by atoms with Crippen LogP contribution in [0.2, 0.25) is 0 Å². The summed E-state index contributed by atoms with van der Waals surface area (Å²) >= 11 is 0. The second kappa shape index (κ2) is 3.86. The van der Waals surface area contributed by atoms with Crippen LogP contribution in [0.4, 0.5) is 4.39 Å². The van der Waals surface area contributed by atoms with Crippen molar-refractivity contribution < 1.29 is 4.39 Å². The molecule has 0 amide bonds. The molecule has 39 valence electrons. The van der Waals surface area contributed by atoms with Gasteiger partial charge in [-0.2, -0.15) is 0 Å². The van der Waals surface area contributed by atoms with Gasteiger partial charge in [0.05, 0.1) is 0 Å². The van der Waals surface area contributed by atoms with Gasteiger partial charge in [-0.25, -0.2) is 4.39 Å². The molecule has 0 unspecified atom stereocenters. The van der Waals surface area contributed by atoms with Crippen LogP contribution in [0.15, 0.2) is 24.3 Å². The zero-order valence-electron chi connectivity index (χ0n) is 3.69. The number of benzene rings is 1. The van der Waals surface area contributed by atoms with Gasteiger partial charge in [0.1, 0.15) is 5.82 Å². The van der Waals surface area contributed by atoms with Crippen molar-refractivity contribution in [1.82, 2.24) is 0 Å². The monoisotopic (exact) mass is 121 g/mol. The second-order valence-corrected chi connectivity index (χ2v) is 1.22. The minimum atomic E-state index is -0.209. The van der Waals surface area contributed by atoms with Crippen molar-refractivity contribution in [2.24, 2.45) is 0 Å². The summed E-state index contributed by atoms with van der Waals surface area (Å²) in [6.45, 7) is 0. The molecule has 0 aliphatic heterocycles. The third kappa shape index (κ3) is 2.28. The van der Waals surface area contributed by atoms with Crippen LogP contribution in [0.1, 0.15) is 0 Å². The average molecular weight is 121 g/mol. The second-order valence-electron chi connectivity index (χ2n) is 1.22. The van der Waals surface area contributed by atoms with E-state index in [2.05, 4.69) is 6.07 Å². The molecule has 0 fully saturated rings. The molecular formula is C6H6FMg. The molecule has 0 N–H and O–H groups in total. The van der Waals surface area contributed by atoms with Gasteiger partial charge in [0.25, 0.3) is 0 Å². The maximum Gasteiger partial charge on any atom is 0.316 e. The van der Waals surface area contributed by atoms with Gasteiger partial charge in [-0.3, -0.25) is 0 Å². The molecule has 0 nitrogen and oxygen atoms in total. The van der Waals surface area contributed by atoms with Gasteiger partial charge in [-0.1, -0.05) is 12.1 Å². The van der Waals surface area contributed by atoms with Crippen LogP contribution < -0.4 is 0 Å². The molecule has 0 aliphatic carbocycles. The lowest BCUT2D eigenvalue weighted by molar-refractivity contribution is 0.628. The minimum Gasteiger partial charge on any atom is -0.207 e. The molecule has 0 bridgehead atoms. The standard InChI is InChI=1S/C6H4F.Mg.2H/c7-6-4-2-1-3-5-6;;;/h2-5H;;;. The lowest BCUT2D eigenvalue weighted by Crippen LogP contribution is -1.64. The smallest absolute Gasteiger partial charge is 0.207 e. The van der Waals surface area contributed by atoms with E-state index in [4.69, 9.17) is 0 Å². The molecule has 2 heteroatoms. The van der Waals surface area contributed by atoms with E-state index in [1.807, 2.05) is 0 Å². The molecule has 1 rings (SSSR count). The van der Waals surface area contributed by atoms with E-state index in [0.717, 1.165) is 0 Å². The lowest BCUT2D eigenvalue weighted by atomic mass is 10.4. The van der Waals surface area contributed by atoms with E-state index in [1.54, 1.807) is 0 Å². The summed E-state index contributed by atoms with van der Waals surface area (Å²) in [5, 5.41) is 0. The van der Waals surface area contributed by atoms with Gasteiger partial charge in [-0.15, -0.1) is 0 Å². The Morgan fingerprint density at radius 2 is 1.75 bits per heavy atom. The van der Waals surface area contributed by atoms with E-state index >= 15 is 0 Å². The first kappa shape index (κ1) is 7.92. The maximum absolute atomic E-state index is 11.9. The van der Waals surface area contributed by atoms with E-state index in [9.17, 15) is 4.39 Å². The van der Waals surface area contributed by atoms with Crippen LogP contribution in [0.25, 0.3) is 0 Å². The lowest BCUT2D eigenvalue weighted by Gasteiger charge is -1.77. The Morgan fingerprint density at radius 1 is 1.25 bits per heavy atom. The Bertz CT molecular complexity index is 138. The quantitative estimate of drug-likeness (QED) is 0.444. The molecule has 0 saturated heterocycles. The van der Waals surface area contributed by atoms with Crippen molar-refractivity contribution in [3.05, 3.63) is 36.1 Å². The van der Waals surface area contributed by atoms with Crippen LogP contribution in [0, 0.1) is 11.9 Å². The average Bonchev–Trinajstić information content (AvgIpc) is 1.69. The van der Waals surface area contributed by atoms with Gasteiger partial charge in [0.2, 0.25) is 0 Å². The zero-order valence-corrected chi connectivity index (χ0v) is 3.69. The number of hydrogen-bond acceptors (Lipinski definition) is 0. The molecule has 0 aliphatic rings. The summed E-state index contributed by atoms with van der Waals surface area (Å²) in [5.41, 5.74) is 0. The first-order valence-corrected chi connectivity index (χ1v) is 2.01. The van der Waals surface area contributed by atoms with Gasteiger partial charge in [0.15, 0.2) is 0 Å². The summed E-state index contributed by atoms with van der Waals surface area (Å²) in [6.07, 6.45) is 0. The van der Waals surface area contributed by atoms with Gasteiger partial charge in [-0.05, 0) is 18.2 Å². The minimum absolute atomic E-state index is 0. The molecule has 0 saturated carbocycles. The molecule has 0 atom stereocenters. The highest BCUT2D eigenvalue weighted by Gasteiger charge is 1.77. The first-order valence-electron chi connectivity index (χ1n) is 2.01. The molecule has 1 aromatic rings. The third-order valence-electron chi connectivity index (χ3n) is 0.678. The van der Waals surface area contributed by atoms with E-state index < -0.39 is 0 Å². The summed E-state index contributed by atoms with van der Waals surface area (Å²) in [4.78, 5) is 0. The zero-order chi connectivity index (χ0) is 5.11. The van der Waals surface area contributed by atoms with Crippen LogP contribution in [0.5, 0.6) is 0 Å². The Hall–Kier alpha value is -0.0838. The summed E-state index contributed by atoms with van der Waals surface area (Å²) in [5.74, 6) is -0.209. The fourth-order valence-electron chi connectivity index (χ4n) is 0.367. The fraction of sp³-hybridized carbons (Fsp3) is 0. The summed E-state index contributed by atoms with van der Waals surface area (Å²) < 4.78 is 11.9. The van der Waals surface area contributed by atoms with Gasteiger partial charge in [0, 0.05) is 0 Å². The molecule has 0 spiro atoms. The van der Waals surface area contributed by atoms with Crippen molar-refractivity contribution in [3.63, 3.8) is 0 Å². The van der Waals surface area contributed by atoms with Crippen LogP contribution in [-0.2, 0) is 0 Å². The van der Waals surface area contributed by atoms with Crippen molar-refractivity contribution in [1.29, 1.82) is 0 Å². The maximum atomic E-state index is 11.9. The predicted molar refractivity (Wildman–Crippen MR) is 33.8 cm³/mol. The topological polar surface area (TPSA) is 0 Å².